The normalized spacial score (nSPS) is 21.9. The van der Waals surface area contributed by atoms with Gasteiger partial charge in [-0.1, -0.05) is 23.7 Å². The van der Waals surface area contributed by atoms with Crippen LogP contribution >= 0.6 is 34.5 Å². The fraction of sp³-hybridized carbons (Fsp3) is 0.364. The number of rotatable bonds is 3. The van der Waals surface area contributed by atoms with Crippen molar-refractivity contribution in [3.05, 3.63) is 64.2 Å². The van der Waals surface area contributed by atoms with Gasteiger partial charge in [-0.3, -0.25) is 8.32 Å². The van der Waals surface area contributed by atoms with Crippen LogP contribution in [0, 0.1) is 0 Å². The molecule has 0 saturated heterocycles. The average molecular weight is 523 g/mol. The third-order valence-electron chi connectivity index (χ3n) is 5.73. The van der Waals surface area contributed by atoms with Crippen molar-refractivity contribution in [1.82, 2.24) is 8.85 Å². The number of fused-ring (bicyclic) bond motifs is 1. The van der Waals surface area contributed by atoms with E-state index in [1.54, 1.807) is 0 Å². The van der Waals surface area contributed by atoms with Gasteiger partial charge in [0.05, 0.1) is 28.9 Å². The molecule has 1 heterocycles. The third kappa shape index (κ3) is 5.04. The van der Waals surface area contributed by atoms with Crippen LogP contribution in [0.5, 0.6) is 0 Å². The number of hydrogen-bond donors (Lipinski definition) is 3. The van der Waals surface area contributed by atoms with Crippen LogP contribution in [0.1, 0.15) is 53.1 Å². The Labute approximate surface area is 190 Å². The molecule has 1 fully saturated rings. The van der Waals surface area contributed by atoms with Gasteiger partial charge in [-0.05, 0) is 79.5 Å². The van der Waals surface area contributed by atoms with Crippen molar-refractivity contribution in [2.45, 2.75) is 44.1 Å². The summed E-state index contributed by atoms with van der Waals surface area (Å²) in [5.41, 5.74) is 4.36. The molecule has 2 aliphatic rings. The van der Waals surface area contributed by atoms with Gasteiger partial charge in [-0.15, -0.1) is 0 Å². The first-order chi connectivity index (χ1) is 14.1. The lowest BCUT2D eigenvalue weighted by Gasteiger charge is -2.28. The van der Waals surface area contributed by atoms with Gasteiger partial charge in [0.15, 0.2) is 0 Å². The van der Waals surface area contributed by atoms with E-state index >= 15 is 0 Å². The zero-order valence-corrected chi connectivity index (χ0v) is 19.0. The predicted octanol–water partition coefficient (Wildman–Crippen LogP) is 5.06. The van der Waals surface area contributed by atoms with Crippen molar-refractivity contribution in [3.63, 3.8) is 0 Å². The van der Waals surface area contributed by atoms with Crippen LogP contribution in [0.3, 0.4) is 0 Å². The van der Waals surface area contributed by atoms with Crippen molar-refractivity contribution in [2.24, 2.45) is 4.99 Å². The topological polar surface area (TPSA) is 65.5 Å². The number of carbonyl (C=O) groups is 1. The number of guanidine groups is 1. The number of amides is 1. The molecule has 0 bridgehead atoms. The summed E-state index contributed by atoms with van der Waals surface area (Å²) >= 11 is 8.07. The Morgan fingerprint density at radius 2 is 1.86 bits per heavy atom. The minimum Gasteiger partial charge on any atom is -0.352 e. The SMILES string of the molecule is O=C1NCCc2cc(C3CCC(N=C(NI)Nc4ccc(Cl)cc4)CC3)ccc21. The molecule has 1 saturated carbocycles. The molecule has 29 heavy (non-hydrogen) atoms. The molecule has 2 aromatic carbocycles. The Bertz CT molecular complexity index is 908. The number of aliphatic imine (C=N–C) groups is 1. The number of nitrogens with zero attached hydrogens (tertiary/aromatic N) is 1. The molecule has 0 unspecified atom stereocenters. The maximum absolute atomic E-state index is 11.9. The number of halogens is 2. The number of benzene rings is 2. The highest BCUT2D eigenvalue weighted by Crippen LogP contribution is 2.35. The van der Waals surface area contributed by atoms with Crippen LogP contribution in [-0.2, 0) is 6.42 Å². The van der Waals surface area contributed by atoms with Gasteiger partial charge in [-0.2, -0.15) is 0 Å². The van der Waals surface area contributed by atoms with E-state index in [0.717, 1.165) is 60.9 Å². The van der Waals surface area contributed by atoms with Crippen LogP contribution in [0.15, 0.2) is 47.5 Å². The Balaban J connectivity index is 1.38. The van der Waals surface area contributed by atoms with E-state index in [1.165, 1.54) is 11.1 Å². The molecule has 7 heteroatoms. The van der Waals surface area contributed by atoms with Crippen molar-refractivity contribution < 1.29 is 4.79 Å². The second-order valence-electron chi connectivity index (χ2n) is 7.63. The van der Waals surface area contributed by atoms with Crippen LogP contribution < -0.4 is 14.2 Å². The maximum atomic E-state index is 11.9. The van der Waals surface area contributed by atoms with Crippen molar-refractivity contribution in [1.29, 1.82) is 0 Å². The Kier molecular flexibility index (Phi) is 6.60. The summed E-state index contributed by atoms with van der Waals surface area (Å²) in [6.07, 6.45) is 5.29. The molecule has 4 rings (SSSR count). The first-order valence-electron chi connectivity index (χ1n) is 10.0. The van der Waals surface area contributed by atoms with Gasteiger partial charge in [-0.25, -0.2) is 4.99 Å². The molecule has 1 aliphatic carbocycles. The van der Waals surface area contributed by atoms with Crippen LogP contribution in [0.4, 0.5) is 5.69 Å². The standard InChI is InChI=1S/C22H24ClIN4O/c23-17-4-8-19(9-5-17)27-22(28-24)26-18-6-1-14(2-7-18)15-3-10-20-16(13-15)11-12-25-21(20)29/h3-5,8-10,13-14,18H,1-2,6-7,11-12H2,(H,25,29)(H2,26,27,28). The summed E-state index contributed by atoms with van der Waals surface area (Å²) in [5.74, 6) is 1.39. The fourth-order valence-corrected chi connectivity index (χ4v) is 4.57. The molecular formula is C22H24ClIN4O. The van der Waals surface area contributed by atoms with E-state index in [0.29, 0.717) is 12.0 Å². The molecule has 2 aromatic rings. The summed E-state index contributed by atoms with van der Waals surface area (Å²) in [5, 5.41) is 6.95. The summed E-state index contributed by atoms with van der Waals surface area (Å²) in [6, 6.07) is 14.3. The molecule has 0 aromatic heterocycles. The lowest BCUT2D eigenvalue weighted by molar-refractivity contribution is 0.0946. The second kappa shape index (κ2) is 9.34. The highest BCUT2D eigenvalue weighted by atomic mass is 127. The molecule has 1 aliphatic heterocycles. The Morgan fingerprint density at radius 3 is 2.59 bits per heavy atom. The van der Waals surface area contributed by atoms with E-state index < -0.39 is 0 Å². The van der Waals surface area contributed by atoms with E-state index in [1.807, 2.05) is 30.3 Å². The molecule has 152 valence electrons. The third-order valence-corrected chi connectivity index (χ3v) is 6.49. The van der Waals surface area contributed by atoms with Crippen LogP contribution in [0.25, 0.3) is 0 Å². The van der Waals surface area contributed by atoms with E-state index in [9.17, 15) is 4.79 Å². The lowest BCUT2D eigenvalue weighted by atomic mass is 9.80. The summed E-state index contributed by atoms with van der Waals surface area (Å²) in [7, 11) is 0. The largest absolute Gasteiger partial charge is 0.352 e. The molecule has 5 nitrogen and oxygen atoms in total. The quantitative estimate of drug-likeness (QED) is 0.229. The molecule has 1 amide bonds. The summed E-state index contributed by atoms with van der Waals surface area (Å²) in [4.78, 5) is 16.8. The smallest absolute Gasteiger partial charge is 0.251 e. The van der Waals surface area contributed by atoms with Crippen molar-refractivity contribution >= 4 is 52.0 Å². The van der Waals surface area contributed by atoms with E-state index in [2.05, 4.69) is 49.2 Å². The van der Waals surface area contributed by atoms with Gasteiger partial charge < -0.3 is 10.6 Å². The highest BCUT2D eigenvalue weighted by Gasteiger charge is 2.24. The number of carbonyl (C=O) groups excluding carboxylic acids is 1. The first kappa shape index (κ1) is 20.5. The predicted molar refractivity (Wildman–Crippen MR) is 127 cm³/mol. The van der Waals surface area contributed by atoms with Crippen LogP contribution in [-0.4, -0.2) is 24.5 Å². The second-order valence-corrected chi connectivity index (χ2v) is 8.61. The molecular weight excluding hydrogens is 499 g/mol. The zero-order valence-electron chi connectivity index (χ0n) is 16.1. The lowest BCUT2D eigenvalue weighted by Crippen LogP contribution is -2.32. The highest BCUT2D eigenvalue weighted by molar-refractivity contribution is 14.1. The first-order valence-corrected chi connectivity index (χ1v) is 11.5. The van der Waals surface area contributed by atoms with Gasteiger partial charge in [0.25, 0.3) is 5.91 Å². The molecule has 0 spiro atoms. The van der Waals surface area contributed by atoms with Gasteiger partial charge in [0.1, 0.15) is 0 Å². The molecule has 0 radical (unpaired) electrons. The summed E-state index contributed by atoms with van der Waals surface area (Å²) < 4.78 is 3.13. The molecule has 3 N–H and O–H groups in total. The molecule has 0 atom stereocenters. The Hall–Kier alpha value is -1.80. The monoisotopic (exact) mass is 522 g/mol. The van der Waals surface area contributed by atoms with Gasteiger partial charge >= 0.3 is 0 Å². The number of nitrogens with one attached hydrogen (secondary N) is 3. The zero-order chi connectivity index (χ0) is 20.2. The van der Waals surface area contributed by atoms with Crippen molar-refractivity contribution in [3.8, 4) is 0 Å². The maximum Gasteiger partial charge on any atom is 0.251 e. The summed E-state index contributed by atoms with van der Waals surface area (Å²) in [6.45, 7) is 0.740. The minimum absolute atomic E-state index is 0.0582. The average Bonchev–Trinajstić information content (AvgIpc) is 2.75. The van der Waals surface area contributed by atoms with Gasteiger partial charge in [0.2, 0.25) is 5.96 Å². The van der Waals surface area contributed by atoms with Gasteiger partial charge in [0, 0.05) is 22.8 Å². The minimum atomic E-state index is 0.0582. The van der Waals surface area contributed by atoms with E-state index in [4.69, 9.17) is 16.6 Å². The van der Waals surface area contributed by atoms with Crippen LogP contribution in [0.2, 0.25) is 5.02 Å². The fourth-order valence-electron chi connectivity index (χ4n) is 4.17. The Morgan fingerprint density at radius 1 is 1.10 bits per heavy atom. The van der Waals surface area contributed by atoms with E-state index in [-0.39, 0.29) is 5.91 Å². The number of anilines is 1. The number of hydrogen-bond acceptors (Lipinski definition) is 2. The van der Waals surface area contributed by atoms with Crippen molar-refractivity contribution in [2.75, 3.05) is 11.9 Å².